The van der Waals surface area contributed by atoms with Gasteiger partial charge < -0.3 is 9.47 Å². The second-order valence-electron chi connectivity index (χ2n) is 13.3. The normalized spacial score (nSPS) is 17.3. The summed E-state index contributed by atoms with van der Waals surface area (Å²) >= 11 is 0. The van der Waals surface area contributed by atoms with Crippen LogP contribution in [0, 0.1) is 5.92 Å². The monoisotopic (exact) mass is 688 g/mol. The van der Waals surface area contributed by atoms with Gasteiger partial charge in [-0.3, -0.25) is 9.59 Å². The summed E-state index contributed by atoms with van der Waals surface area (Å²) in [5.41, 5.74) is 4.75. The molecule has 6 rings (SSSR count). The van der Waals surface area contributed by atoms with Crippen molar-refractivity contribution in [2.45, 2.75) is 76.8 Å². The van der Waals surface area contributed by atoms with Gasteiger partial charge >= 0.3 is 12.2 Å². The summed E-state index contributed by atoms with van der Waals surface area (Å²) in [6.07, 6.45) is 5.92. The van der Waals surface area contributed by atoms with Crippen molar-refractivity contribution in [1.29, 1.82) is 0 Å². The number of amides is 4. The maximum Gasteiger partial charge on any atom is 0.416 e. The SMILES string of the molecule is C[C@@H](CCCc1ccccc1)C(=O)N1C(=O)OC[C@@H]1Cc1ccccc1.O=C(CCCCc1ccccc1)N1C(=O)OC[C@@H]1Cc1ccccc1. The Morgan fingerprint density at radius 3 is 1.49 bits per heavy atom. The van der Waals surface area contributed by atoms with E-state index in [1.807, 2.05) is 104 Å². The first-order valence-corrected chi connectivity index (χ1v) is 18.0. The van der Waals surface area contributed by atoms with E-state index >= 15 is 0 Å². The maximum atomic E-state index is 12.8. The molecule has 2 aliphatic rings. The molecule has 0 bridgehead atoms. The highest BCUT2D eigenvalue weighted by atomic mass is 16.6. The van der Waals surface area contributed by atoms with Gasteiger partial charge in [0.05, 0.1) is 12.1 Å². The summed E-state index contributed by atoms with van der Waals surface area (Å²) < 4.78 is 10.3. The van der Waals surface area contributed by atoms with Crippen LogP contribution in [0.15, 0.2) is 121 Å². The summed E-state index contributed by atoms with van der Waals surface area (Å²) in [7, 11) is 0. The molecule has 0 spiro atoms. The summed E-state index contributed by atoms with van der Waals surface area (Å²) in [4.78, 5) is 52.0. The van der Waals surface area contributed by atoms with E-state index in [-0.39, 0.29) is 43.0 Å². The number of ether oxygens (including phenoxy) is 2. The Hall–Kier alpha value is -5.24. The van der Waals surface area contributed by atoms with Crippen LogP contribution in [0.25, 0.3) is 0 Å². The first kappa shape index (κ1) is 37.0. The molecule has 2 saturated heterocycles. The van der Waals surface area contributed by atoms with Crippen LogP contribution in [-0.2, 0) is 44.7 Å². The third kappa shape index (κ3) is 11.1. The van der Waals surface area contributed by atoms with Gasteiger partial charge in [0.2, 0.25) is 11.8 Å². The van der Waals surface area contributed by atoms with Gasteiger partial charge in [-0.25, -0.2) is 19.4 Å². The van der Waals surface area contributed by atoms with Gasteiger partial charge in [0.1, 0.15) is 13.2 Å². The predicted octanol–water partition coefficient (Wildman–Crippen LogP) is 8.23. The van der Waals surface area contributed by atoms with Gasteiger partial charge in [0.25, 0.3) is 0 Å². The van der Waals surface area contributed by atoms with Gasteiger partial charge in [0.15, 0.2) is 0 Å². The standard InChI is InChI=1S/C22H25NO3.C21H23NO3/c1-17(9-8-14-18-10-4-2-5-11-18)21(24)23-20(16-26-22(23)25)15-19-12-6-3-7-13-19;23-20(14-8-7-11-17-9-3-1-4-10-17)22-19(16-25-21(22)24)15-18-12-5-2-6-13-18/h2-7,10-13,17,20H,8-9,14-16H2,1H3;1-6,9-10,12-13,19H,7-8,11,14-16H2/t17-,20-;19-/m00/s1. The van der Waals surface area contributed by atoms with E-state index in [0.717, 1.165) is 49.7 Å². The minimum absolute atomic E-state index is 0.124. The van der Waals surface area contributed by atoms with Crippen molar-refractivity contribution in [3.63, 3.8) is 0 Å². The lowest BCUT2D eigenvalue weighted by Crippen LogP contribution is -2.43. The Morgan fingerprint density at radius 2 is 1.00 bits per heavy atom. The number of imide groups is 2. The number of unbranched alkanes of at least 4 members (excludes halogenated alkanes) is 1. The van der Waals surface area contributed by atoms with Crippen molar-refractivity contribution in [1.82, 2.24) is 9.80 Å². The van der Waals surface area contributed by atoms with Crippen molar-refractivity contribution in [2.24, 2.45) is 5.92 Å². The number of nitrogens with zero attached hydrogens (tertiary/aromatic N) is 2. The molecular weight excluding hydrogens is 640 g/mol. The number of hydrogen-bond donors (Lipinski definition) is 0. The van der Waals surface area contributed by atoms with Crippen LogP contribution < -0.4 is 0 Å². The molecule has 8 nitrogen and oxygen atoms in total. The van der Waals surface area contributed by atoms with Crippen LogP contribution in [0.3, 0.4) is 0 Å². The summed E-state index contributed by atoms with van der Waals surface area (Å²) in [5, 5.41) is 0. The number of carbonyl (C=O) groups excluding carboxylic acids is 4. The smallest absolute Gasteiger partial charge is 0.416 e. The zero-order valence-corrected chi connectivity index (χ0v) is 29.4. The number of cyclic esters (lactones) is 2. The fourth-order valence-corrected chi connectivity index (χ4v) is 6.56. The van der Waals surface area contributed by atoms with E-state index in [2.05, 4.69) is 24.3 Å². The molecule has 0 saturated carbocycles. The molecule has 0 unspecified atom stereocenters. The van der Waals surface area contributed by atoms with Crippen molar-refractivity contribution in [3.05, 3.63) is 144 Å². The number of benzene rings is 4. The van der Waals surface area contributed by atoms with Gasteiger partial charge in [-0.05, 0) is 73.6 Å². The number of hydrogen-bond acceptors (Lipinski definition) is 6. The minimum Gasteiger partial charge on any atom is -0.447 e. The van der Waals surface area contributed by atoms with Crippen LogP contribution >= 0.6 is 0 Å². The van der Waals surface area contributed by atoms with Crippen LogP contribution in [0.4, 0.5) is 9.59 Å². The molecule has 0 aromatic heterocycles. The number of carbonyl (C=O) groups is 4. The lowest BCUT2D eigenvalue weighted by atomic mass is 9.98. The maximum absolute atomic E-state index is 12.8. The van der Waals surface area contributed by atoms with Gasteiger partial charge in [-0.2, -0.15) is 0 Å². The Morgan fingerprint density at radius 1 is 0.588 bits per heavy atom. The van der Waals surface area contributed by atoms with E-state index in [9.17, 15) is 19.2 Å². The molecule has 2 aliphatic heterocycles. The van der Waals surface area contributed by atoms with Crippen molar-refractivity contribution in [3.8, 4) is 0 Å². The van der Waals surface area contributed by atoms with Gasteiger partial charge in [-0.15, -0.1) is 0 Å². The summed E-state index contributed by atoms with van der Waals surface area (Å²) in [6, 6.07) is 39.9. The molecule has 2 fully saturated rings. The molecule has 51 heavy (non-hydrogen) atoms. The van der Waals surface area contributed by atoms with Gasteiger partial charge in [-0.1, -0.05) is 128 Å². The lowest BCUT2D eigenvalue weighted by molar-refractivity contribution is -0.133. The second kappa shape index (κ2) is 19.2. The molecule has 0 aliphatic carbocycles. The molecule has 4 aromatic rings. The van der Waals surface area contributed by atoms with E-state index in [0.29, 0.717) is 19.3 Å². The highest BCUT2D eigenvalue weighted by molar-refractivity contribution is 5.95. The quantitative estimate of drug-likeness (QED) is 0.124. The van der Waals surface area contributed by atoms with Crippen molar-refractivity contribution < 1.29 is 28.7 Å². The highest BCUT2D eigenvalue weighted by Crippen LogP contribution is 2.23. The van der Waals surface area contributed by atoms with Crippen LogP contribution in [0.2, 0.25) is 0 Å². The minimum atomic E-state index is -0.508. The zero-order chi connectivity index (χ0) is 35.8. The first-order valence-electron chi connectivity index (χ1n) is 18.0. The fraction of sp³-hybridized carbons (Fsp3) is 0.349. The van der Waals surface area contributed by atoms with Crippen LogP contribution in [-0.4, -0.2) is 59.1 Å². The van der Waals surface area contributed by atoms with Crippen molar-refractivity contribution in [2.75, 3.05) is 13.2 Å². The van der Waals surface area contributed by atoms with E-state index < -0.39 is 12.2 Å². The Kier molecular flexibility index (Phi) is 14.0. The molecular formula is C43H48N2O6. The topological polar surface area (TPSA) is 93.2 Å². The Balaban J connectivity index is 0.000000198. The molecule has 4 amide bonds. The molecule has 0 radical (unpaired) electrons. The van der Waals surface area contributed by atoms with Gasteiger partial charge in [0, 0.05) is 12.3 Å². The first-order chi connectivity index (χ1) is 24.9. The summed E-state index contributed by atoms with van der Waals surface area (Å²) in [5.74, 6) is -0.444. The van der Waals surface area contributed by atoms with E-state index in [1.165, 1.54) is 20.9 Å². The molecule has 266 valence electrons. The van der Waals surface area contributed by atoms with E-state index in [4.69, 9.17) is 9.47 Å². The number of rotatable bonds is 14. The fourth-order valence-electron chi connectivity index (χ4n) is 6.56. The number of aryl methyl sites for hydroxylation is 2. The average molecular weight is 689 g/mol. The lowest BCUT2D eigenvalue weighted by Gasteiger charge is -2.23. The second-order valence-corrected chi connectivity index (χ2v) is 13.3. The van der Waals surface area contributed by atoms with E-state index in [1.54, 1.807) is 0 Å². The summed E-state index contributed by atoms with van der Waals surface area (Å²) in [6.45, 7) is 2.46. The molecule has 8 heteroatoms. The molecule has 2 heterocycles. The zero-order valence-electron chi connectivity index (χ0n) is 29.4. The third-order valence-corrected chi connectivity index (χ3v) is 9.37. The largest absolute Gasteiger partial charge is 0.447 e. The van der Waals surface area contributed by atoms with Crippen LogP contribution in [0.5, 0.6) is 0 Å². The molecule has 4 aromatic carbocycles. The molecule has 0 N–H and O–H groups in total. The third-order valence-electron chi connectivity index (χ3n) is 9.37. The Bertz CT molecular complexity index is 1680. The Labute approximate surface area is 301 Å². The van der Waals surface area contributed by atoms with Crippen LogP contribution in [0.1, 0.15) is 61.3 Å². The van der Waals surface area contributed by atoms with Crippen molar-refractivity contribution >= 4 is 24.0 Å². The predicted molar refractivity (Wildman–Crippen MR) is 197 cm³/mol. The average Bonchev–Trinajstić information content (AvgIpc) is 3.72. The molecule has 3 atom stereocenters. The highest BCUT2D eigenvalue weighted by Gasteiger charge is 2.39.